The Morgan fingerprint density at radius 1 is 1.12 bits per heavy atom. The van der Waals surface area contributed by atoms with Crippen molar-refractivity contribution in [3.8, 4) is 11.1 Å². The van der Waals surface area contributed by atoms with Gasteiger partial charge in [0.15, 0.2) is 5.57 Å². The Bertz CT molecular complexity index is 795. The van der Waals surface area contributed by atoms with Crippen molar-refractivity contribution >= 4 is 17.6 Å². The number of pyridine rings is 1. The van der Waals surface area contributed by atoms with Crippen LogP contribution in [0.4, 0.5) is 5.69 Å². The number of rotatable bonds is 7. The lowest BCUT2D eigenvalue weighted by Crippen LogP contribution is -2.19. The summed E-state index contributed by atoms with van der Waals surface area (Å²) < 4.78 is 9.83. The molecule has 0 aliphatic heterocycles. The lowest BCUT2D eigenvalue weighted by molar-refractivity contribution is -0.146. The van der Waals surface area contributed by atoms with Gasteiger partial charge in [-0.15, -0.1) is 0 Å². The molecule has 1 N–H and O–H groups in total. The van der Waals surface area contributed by atoms with Crippen molar-refractivity contribution < 1.29 is 19.1 Å². The normalized spacial score (nSPS) is 9.96. The van der Waals surface area contributed by atoms with E-state index in [1.807, 2.05) is 37.3 Å². The predicted octanol–water partition coefficient (Wildman–Crippen LogP) is 3.48. The Morgan fingerprint density at radius 3 is 2.42 bits per heavy atom. The van der Waals surface area contributed by atoms with Crippen LogP contribution in [-0.2, 0) is 19.1 Å². The van der Waals surface area contributed by atoms with Crippen LogP contribution in [0.3, 0.4) is 0 Å². The number of aromatic nitrogens is 1. The minimum Gasteiger partial charge on any atom is -0.462 e. The first-order valence-corrected chi connectivity index (χ1v) is 8.38. The molecule has 0 radical (unpaired) electrons. The van der Waals surface area contributed by atoms with Crippen LogP contribution in [0.25, 0.3) is 11.1 Å². The van der Waals surface area contributed by atoms with Gasteiger partial charge in [-0.2, -0.15) is 0 Å². The van der Waals surface area contributed by atoms with E-state index in [1.165, 1.54) is 6.20 Å². The highest BCUT2D eigenvalue weighted by molar-refractivity contribution is 6.14. The zero-order chi connectivity index (χ0) is 18.9. The van der Waals surface area contributed by atoms with Crippen LogP contribution in [0, 0.1) is 6.92 Å². The highest BCUT2D eigenvalue weighted by atomic mass is 16.6. The Labute approximate surface area is 152 Å². The van der Waals surface area contributed by atoms with Crippen molar-refractivity contribution in [2.24, 2.45) is 0 Å². The van der Waals surface area contributed by atoms with E-state index in [-0.39, 0.29) is 18.8 Å². The average Bonchev–Trinajstić information content (AvgIpc) is 2.63. The van der Waals surface area contributed by atoms with E-state index in [2.05, 4.69) is 10.3 Å². The summed E-state index contributed by atoms with van der Waals surface area (Å²) in [5, 5.41) is 2.97. The van der Waals surface area contributed by atoms with Crippen LogP contribution in [-0.4, -0.2) is 30.1 Å². The smallest absolute Gasteiger partial charge is 0.347 e. The van der Waals surface area contributed by atoms with Crippen LogP contribution >= 0.6 is 0 Å². The Hall–Kier alpha value is -3.15. The molecule has 6 nitrogen and oxygen atoms in total. The summed E-state index contributed by atoms with van der Waals surface area (Å²) in [6, 6.07) is 9.57. The van der Waals surface area contributed by atoms with Gasteiger partial charge in [0.05, 0.1) is 13.2 Å². The third kappa shape index (κ3) is 4.92. The molecule has 0 aliphatic carbocycles. The average molecular weight is 354 g/mol. The summed E-state index contributed by atoms with van der Waals surface area (Å²) in [6.07, 6.45) is 4.85. The number of hydrogen-bond donors (Lipinski definition) is 1. The van der Waals surface area contributed by atoms with Gasteiger partial charge >= 0.3 is 11.9 Å². The molecule has 0 atom stereocenters. The van der Waals surface area contributed by atoms with Crippen LogP contribution in [0.15, 0.2) is 54.5 Å². The molecule has 2 rings (SSSR count). The van der Waals surface area contributed by atoms with E-state index < -0.39 is 11.9 Å². The van der Waals surface area contributed by atoms with Crippen LogP contribution in [0.2, 0.25) is 0 Å². The molecule has 0 spiro atoms. The molecule has 0 saturated carbocycles. The van der Waals surface area contributed by atoms with Gasteiger partial charge in [-0.3, -0.25) is 4.98 Å². The zero-order valence-electron chi connectivity index (χ0n) is 15.1. The number of nitrogens with zero attached hydrogens (tertiary/aromatic N) is 1. The minimum absolute atomic E-state index is 0.173. The number of ether oxygens (including phenoxy) is 2. The summed E-state index contributed by atoms with van der Waals surface area (Å²) in [6.45, 7) is 5.68. The topological polar surface area (TPSA) is 77.5 Å². The fraction of sp³-hybridized carbons (Fsp3) is 0.250. The number of nitrogens with one attached hydrogen (secondary N) is 1. The monoisotopic (exact) mass is 354 g/mol. The van der Waals surface area contributed by atoms with Gasteiger partial charge < -0.3 is 14.8 Å². The zero-order valence-corrected chi connectivity index (χ0v) is 15.1. The first kappa shape index (κ1) is 19.2. The van der Waals surface area contributed by atoms with Gasteiger partial charge in [-0.25, -0.2) is 9.59 Å². The largest absolute Gasteiger partial charge is 0.462 e. The summed E-state index contributed by atoms with van der Waals surface area (Å²) in [5.74, 6) is -1.45. The molecule has 0 fully saturated rings. The van der Waals surface area contributed by atoms with E-state index in [9.17, 15) is 9.59 Å². The lowest BCUT2D eigenvalue weighted by atomic mass is 10.0. The van der Waals surface area contributed by atoms with E-state index in [1.54, 1.807) is 26.2 Å². The predicted molar refractivity (Wildman–Crippen MR) is 99.4 cm³/mol. The molecule has 0 aliphatic rings. The van der Waals surface area contributed by atoms with Crippen molar-refractivity contribution in [2.75, 3.05) is 18.5 Å². The molecule has 1 aromatic heterocycles. The lowest BCUT2D eigenvalue weighted by Gasteiger charge is -2.10. The fourth-order valence-corrected chi connectivity index (χ4v) is 2.35. The second-order valence-corrected chi connectivity index (χ2v) is 5.41. The van der Waals surface area contributed by atoms with Crippen molar-refractivity contribution in [3.63, 3.8) is 0 Å². The summed E-state index contributed by atoms with van der Waals surface area (Å²) >= 11 is 0. The van der Waals surface area contributed by atoms with E-state index in [4.69, 9.17) is 9.47 Å². The second kappa shape index (κ2) is 9.36. The molecule has 26 heavy (non-hydrogen) atoms. The maximum Gasteiger partial charge on any atom is 0.347 e. The molecule has 1 heterocycles. The van der Waals surface area contributed by atoms with Gasteiger partial charge in [0.2, 0.25) is 0 Å². The number of carbonyl (C=O) groups is 2. The molecule has 0 unspecified atom stereocenters. The summed E-state index contributed by atoms with van der Waals surface area (Å²) in [7, 11) is 0. The van der Waals surface area contributed by atoms with Crippen molar-refractivity contribution in [1.29, 1.82) is 0 Å². The van der Waals surface area contributed by atoms with Gasteiger partial charge in [-0.05, 0) is 55.7 Å². The Morgan fingerprint density at radius 2 is 1.81 bits per heavy atom. The van der Waals surface area contributed by atoms with E-state index in [0.29, 0.717) is 0 Å². The van der Waals surface area contributed by atoms with Crippen molar-refractivity contribution in [1.82, 2.24) is 4.98 Å². The highest BCUT2D eigenvalue weighted by Gasteiger charge is 2.20. The third-order valence-corrected chi connectivity index (χ3v) is 3.57. The standard InChI is InChI=1S/C20H22N2O4/c1-4-25-19(23)18(20(24)26-5-2)13-22-16-8-6-7-15(11-16)17-9-10-21-12-14(17)3/h6-13,22H,4-5H2,1-3H3. The van der Waals surface area contributed by atoms with Crippen molar-refractivity contribution in [2.45, 2.75) is 20.8 Å². The first-order chi connectivity index (χ1) is 12.6. The molecule has 2 aromatic rings. The number of hydrogen-bond acceptors (Lipinski definition) is 6. The van der Waals surface area contributed by atoms with Crippen LogP contribution in [0.1, 0.15) is 19.4 Å². The summed E-state index contributed by atoms with van der Waals surface area (Å²) in [5.41, 5.74) is 3.66. The van der Waals surface area contributed by atoms with Gasteiger partial charge in [0.25, 0.3) is 0 Å². The molecule has 136 valence electrons. The minimum atomic E-state index is -0.723. The quantitative estimate of drug-likeness (QED) is 0.355. The Balaban J connectivity index is 2.26. The number of aryl methyl sites for hydroxylation is 1. The number of carbonyl (C=O) groups excluding carboxylic acids is 2. The molecule has 1 aromatic carbocycles. The molecular formula is C20H22N2O4. The van der Waals surface area contributed by atoms with Crippen LogP contribution in [0.5, 0.6) is 0 Å². The maximum atomic E-state index is 12.0. The second-order valence-electron chi connectivity index (χ2n) is 5.41. The van der Waals surface area contributed by atoms with E-state index >= 15 is 0 Å². The first-order valence-electron chi connectivity index (χ1n) is 8.38. The van der Waals surface area contributed by atoms with Crippen LogP contribution < -0.4 is 5.32 Å². The van der Waals surface area contributed by atoms with Crippen molar-refractivity contribution in [3.05, 3.63) is 60.1 Å². The molecule has 0 amide bonds. The third-order valence-electron chi connectivity index (χ3n) is 3.57. The van der Waals surface area contributed by atoms with Gasteiger partial charge in [0, 0.05) is 24.3 Å². The van der Waals surface area contributed by atoms with Gasteiger partial charge in [0.1, 0.15) is 0 Å². The molecule has 6 heteroatoms. The molecule has 0 saturated heterocycles. The van der Waals surface area contributed by atoms with E-state index in [0.717, 1.165) is 22.4 Å². The number of anilines is 1. The number of benzene rings is 1. The summed E-state index contributed by atoms with van der Waals surface area (Å²) in [4.78, 5) is 28.0. The molecular weight excluding hydrogens is 332 g/mol. The van der Waals surface area contributed by atoms with Gasteiger partial charge in [-0.1, -0.05) is 12.1 Å². The highest BCUT2D eigenvalue weighted by Crippen LogP contribution is 2.25. The fourth-order valence-electron chi connectivity index (χ4n) is 2.35. The maximum absolute atomic E-state index is 12.0. The Kier molecular flexibility index (Phi) is 6.91. The number of esters is 2. The molecule has 0 bridgehead atoms. The SMILES string of the molecule is CCOC(=O)C(=CNc1cccc(-c2ccncc2C)c1)C(=O)OCC.